The molecule has 80 valence electrons. The molecule has 0 amide bonds. The Kier molecular flexibility index (Phi) is 7.29. The van der Waals surface area contributed by atoms with Gasteiger partial charge in [0, 0.05) is 19.8 Å². The van der Waals surface area contributed by atoms with Crippen molar-refractivity contribution in [3.8, 4) is 0 Å². The highest BCUT2D eigenvalue weighted by Crippen LogP contribution is 2.16. The molecular formula is C11H25NO. The van der Waals surface area contributed by atoms with E-state index in [1.807, 2.05) is 0 Å². The van der Waals surface area contributed by atoms with Crippen LogP contribution in [0.5, 0.6) is 0 Å². The van der Waals surface area contributed by atoms with Crippen LogP contribution in [0.25, 0.3) is 0 Å². The van der Waals surface area contributed by atoms with E-state index in [0.717, 1.165) is 19.1 Å². The fourth-order valence-corrected chi connectivity index (χ4v) is 1.65. The molecule has 0 bridgehead atoms. The van der Waals surface area contributed by atoms with Gasteiger partial charge in [-0.1, -0.05) is 20.8 Å². The summed E-state index contributed by atoms with van der Waals surface area (Å²) in [5.74, 6) is 1.39. The summed E-state index contributed by atoms with van der Waals surface area (Å²) in [6, 6.07) is 0.624. The van der Waals surface area contributed by atoms with Crippen molar-refractivity contribution in [2.75, 3.05) is 20.3 Å². The monoisotopic (exact) mass is 187 g/mol. The average molecular weight is 187 g/mol. The summed E-state index contributed by atoms with van der Waals surface area (Å²) in [5, 5.41) is 3.43. The minimum absolute atomic E-state index is 0.624. The molecule has 2 heteroatoms. The van der Waals surface area contributed by atoms with Crippen LogP contribution in [0, 0.1) is 11.8 Å². The van der Waals surface area contributed by atoms with Gasteiger partial charge < -0.3 is 10.1 Å². The molecule has 0 saturated heterocycles. The lowest BCUT2D eigenvalue weighted by Crippen LogP contribution is -2.29. The number of hydrogen-bond donors (Lipinski definition) is 1. The lowest BCUT2D eigenvalue weighted by molar-refractivity contribution is 0.128. The second-order valence-electron chi connectivity index (χ2n) is 4.10. The lowest BCUT2D eigenvalue weighted by atomic mass is 9.91. The smallest absolute Gasteiger partial charge is 0.0490 e. The molecule has 0 aromatic rings. The zero-order valence-corrected chi connectivity index (χ0v) is 9.76. The molecule has 1 N–H and O–H groups in total. The minimum atomic E-state index is 0.624. The van der Waals surface area contributed by atoms with Gasteiger partial charge in [-0.3, -0.25) is 0 Å². The topological polar surface area (TPSA) is 21.3 Å². The fourth-order valence-electron chi connectivity index (χ4n) is 1.65. The Hall–Kier alpha value is -0.0800. The molecule has 0 aromatic heterocycles. The van der Waals surface area contributed by atoms with Crippen molar-refractivity contribution >= 4 is 0 Å². The summed E-state index contributed by atoms with van der Waals surface area (Å²) in [5.41, 5.74) is 0. The Morgan fingerprint density at radius 2 is 1.77 bits per heavy atom. The van der Waals surface area contributed by atoms with Gasteiger partial charge in [0.05, 0.1) is 0 Å². The van der Waals surface area contributed by atoms with Crippen molar-refractivity contribution in [3.63, 3.8) is 0 Å². The Morgan fingerprint density at radius 3 is 2.23 bits per heavy atom. The standard InChI is InChI=1S/C11H25NO/c1-6-12-11(4)7-9(2)10(3)8-13-5/h9-12H,6-8H2,1-5H3. The predicted octanol–water partition coefficient (Wildman–Crippen LogP) is 2.29. The van der Waals surface area contributed by atoms with Crippen LogP contribution in [0.3, 0.4) is 0 Å². The van der Waals surface area contributed by atoms with Crippen LogP contribution in [0.4, 0.5) is 0 Å². The summed E-state index contributed by atoms with van der Waals surface area (Å²) < 4.78 is 5.15. The van der Waals surface area contributed by atoms with Crippen molar-refractivity contribution in [1.82, 2.24) is 5.32 Å². The maximum absolute atomic E-state index is 5.15. The van der Waals surface area contributed by atoms with Gasteiger partial charge in [-0.15, -0.1) is 0 Å². The van der Waals surface area contributed by atoms with Crippen LogP contribution in [0.15, 0.2) is 0 Å². The van der Waals surface area contributed by atoms with Crippen molar-refractivity contribution < 1.29 is 4.74 Å². The van der Waals surface area contributed by atoms with Crippen LogP contribution < -0.4 is 5.32 Å². The Bertz CT molecular complexity index is 117. The third-order valence-corrected chi connectivity index (χ3v) is 2.68. The largest absolute Gasteiger partial charge is 0.384 e. The normalized spacial score (nSPS) is 18.2. The summed E-state index contributed by atoms with van der Waals surface area (Å²) in [7, 11) is 1.77. The van der Waals surface area contributed by atoms with Gasteiger partial charge in [0.1, 0.15) is 0 Å². The lowest BCUT2D eigenvalue weighted by Gasteiger charge is -2.23. The predicted molar refractivity (Wildman–Crippen MR) is 58.0 cm³/mol. The molecule has 0 aliphatic heterocycles. The van der Waals surface area contributed by atoms with Crippen LogP contribution in [-0.4, -0.2) is 26.3 Å². The van der Waals surface area contributed by atoms with Gasteiger partial charge in [-0.05, 0) is 31.7 Å². The Labute approximate surface area is 83.1 Å². The highest BCUT2D eigenvalue weighted by molar-refractivity contribution is 4.68. The van der Waals surface area contributed by atoms with E-state index in [1.54, 1.807) is 7.11 Å². The second kappa shape index (κ2) is 7.34. The van der Waals surface area contributed by atoms with Gasteiger partial charge in [-0.25, -0.2) is 0 Å². The molecule has 0 saturated carbocycles. The van der Waals surface area contributed by atoms with Crippen molar-refractivity contribution in [3.05, 3.63) is 0 Å². The van der Waals surface area contributed by atoms with Crippen molar-refractivity contribution in [1.29, 1.82) is 0 Å². The highest BCUT2D eigenvalue weighted by Gasteiger charge is 2.14. The van der Waals surface area contributed by atoms with E-state index in [0.29, 0.717) is 12.0 Å². The summed E-state index contributed by atoms with van der Waals surface area (Å²) in [4.78, 5) is 0. The van der Waals surface area contributed by atoms with Gasteiger partial charge in [-0.2, -0.15) is 0 Å². The number of rotatable bonds is 7. The van der Waals surface area contributed by atoms with Gasteiger partial charge >= 0.3 is 0 Å². The SMILES string of the molecule is CCNC(C)CC(C)C(C)COC. The zero-order chi connectivity index (χ0) is 10.3. The molecule has 0 aliphatic carbocycles. The molecule has 0 aliphatic rings. The van der Waals surface area contributed by atoms with Crippen molar-refractivity contribution in [2.45, 2.75) is 40.2 Å². The molecule has 3 atom stereocenters. The molecule has 13 heavy (non-hydrogen) atoms. The van der Waals surface area contributed by atoms with E-state index < -0.39 is 0 Å². The van der Waals surface area contributed by atoms with Gasteiger partial charge in [0.15, 0.2) is 0 Å². The number of hydrogen-bond acceptors (Lipinski definition) is 2. The van der Waals surface area contributed by atoms with E-state index in [-0.39, 0.29) is 0 Å². The summed E-state index contributed by atoms with van der Waals surface area (Å²) in [6.07, 6.45) is 1.23. The molecule has 0 rings (SSSR count). The maximum Gasteiger partial charge on any atom is 0.0490 e. The van der Waals surface area contributed by atoms with E-state index in [1.165, 1.54) is 6.42 Å². The van der Waals surface area contributed by atoms with Crippen LogP contribution in [0.2, 0.25) is 0 Å². The second-order valence-corrected chi connectivity index (χ2v) is 4.10. The molecule has 0 aromatic carbocycles. The highest BCUT2D eigenvalue weighted by atomic mass is 16.5. The Balaban J connectivity index is 3.64. The third-order valence-electron chi connectivity index (χ3n) is 2.68. The molecule has 0 radical (unpaired) electrons. The number of ether oxygens (including phenoxy) is 1. The fraction of sp³-hybridized carbons (Fsp3) is 1.00. The average Bonchev–Trinajstić information content (AvgIpc) is 2.05. The molecule has 3 unspecified atom stereocenters. The number of nitrogens with one attached hydrogen (secondary N) is 1. The molecule has 2 nitrogen and oxygen atoms in total. The van der Waals surface area contributed by atoms with Gasteiger partial charge in [0.2, 0.25) is 0 Å². The number of methoxy groups -OCH3 is 1. The molecule has 0 heterocycles. The van der Waals surface area contributed by atoms with E-state index >= 15 is 0 Å². The maximum atomic E-state index is 5.15. The summed E-state index contributed by atoms with van der Waals surface area (Å²) >= 11 is 0. The molecular weight excluding hydrogens is 162 g/mol. The first-order valence-electron chi connectivity index (χ1n) is 5.34. The van der Waals surface area contributed by atoms with Crippen LogP contribution in [-0.2, 0) is 4.74 Å². The van der Waals surface area contributed by atoms with Crippen LogP contribution >= 0.6 is 0 Å². The summed E-state index contributed by atoms with van der Waals surface area (Å²) in [6.45, 7) is 10.9. The first-order chi connectivity index (χ1) is 6.11. The molecule has 0 fully saturated rings. The van der Waals surface area contributed by atoms with E-state index in [4.69, 9.17) is 4.74 Å². The van der Waals surface area contributed by atoms with E-state index in [2.05, 4.69) is 33.0 Å². The first-order valence-corrected chi connectivity index (χ1v) is 5.34. The van der Waals surface area contributed by atoms with E-state index in [9.17, 15) is 0 Å². The third kappa shape index (κ3) is 6.05. The molecule has 0 spiro atoms. The van der Waals surface area contributed by atoms with Gasteiger partial charge in [0.25, 0.3) is 0 Å². The van der Waals surface area contributed by atoms with Crippen LogP contribution in [0.1, 0.15) is 34.1 Å². The zero-order valence-electron chi connectivity index (χ0n) is 9.76. The Morgan fingerprint density at radius 1 is 1.15 bits per heavy atom. The van der Waals surface area contributed by atoms with Crippen molar-refractivity contribution in [2.24, 2.45) is 11.8 Å². The first kappa shape index (κ1) is 12.9. The minimum Gasteiger partial charge on any atom is -0.384 e. The quantitative estimate of drug-likeness (QED) is 0.660.